The Balaban J connectivity index is 0.000000192. The molecule has 0 spiro atoms. The smallest absolute Gasteiger partial charge is 0.660 e. The molecule has 2 aromatic carbocycles. The molecule has 0 saturated heterocycles. The number of nitrogens with zero attached hydrogens (tertiary/aromatic N) is 4. The maximum Gasteiger partial charge on any atom is 2.00 e. The van der Waals surface area contributed by atoms with Crippen molar-refractivity contribution in [2.75, 3.05) is 6.61 Å². The first kappa shape index (κ1) is 55.2. The van der Waals surface area contributed by atoms with Crippen molar-refractivity contribution in [2.45, 2.75) is 179 Å². The zero-order chi connectivity index (χ0) is 50.1. The number of esters is 1. The normalized spacial score (nSPS) is 27.6. The number of aryl methyl sites for hydroxylation is 1. The topological polar surface area (TPSA) is 79.2 Å². The van der Waals surface area contributed by atoms with Crippen LogP contribution in [0.25, 0.3) is 9.81 Å². The molecule has 0 bridgehead atoms. The Hall–Kier alpha value is -4.04. The standard InChI is InChI=1S/C32H40N2O2S.C32H41N2S.Ni/c1-4-36-32(35)26-20-29(34-30(26)25-17-11-9-13-22(25)3)31(37-23-14-6-5-7-15-23)28-19-18-27(33-28)24-16-10-8-12-21(24)2;1-5-24-20-29(34-31(24)27-18-12-10-14-22(27)3)32(35-25-15-7-6-8-16-25)30-23(4)19-28(33-30)26-17-11-9-13-21(26)2;/h5-7,14-15,18-22,24-25H,4,8-13,16-17H2,1-3H3,(H,33,34,35);6-8,15-16,19-22,26-27H,5,9-14,17-18H2,1-4H3;/q;-1;+2/p-1/b;32-30+;. The van der Waals surface area contributed by atoms with E-state index in [4.69, 9.17) is 24.7 Å². The number of hydrogen-bond acceptors (Lipinski definition) is 6. The summed E-state index contributed by atoms with van der Waals surface area (Å²) in [4.78, 5) is 38.9. The number of rotatable bonds is 13. The molecule has 8 unspecified atom stereocenters. The van der Waals surface area contributed by atoms with Crippen molar-refractivity contribution in [2.24, 2.45) is 45.5 Å². The minimum atomic E-state index is -0.259. The molecule has 4 fully saturated rings. The van der Waals surface area contributed by atoms with Crippen molar-refractivity contribution in [1.82, 2.24) is 9.97 Å². The van der Waals surface area contributed by atoms with Gasteiger partial charge in [0.1, 0.15) is 0 Å². The number of benzene rings is 2. The molecule has 2 aliphatic heterocycles. The summed E-state index contributed by atoms with van der Waals surface area (Å²) in [6, 6.07) is 27.9. The molecule has 9 heteroatoms. The second-order valence-corrected chi connectivity index (χ2v) is 24.2. The van der Waals surface area contributed by atoms with Gasteiger partial charge in [-0.2, -0.15) is 11.4 Å². The van der Waals surface area contributed by atoms with Crippen LogP contribution in [0, 0.1) is 35.5 Å². The predicted octanol–water partition coefficient (Wildman–Crippen LogP) is 17.4. The van der Waals surface area contributed by atoms with Gasteiger partial charge in [-0.05, 0) is 123 Å². The van der Waals surface area contributed by atoms with Crippen LogP contribution < -0.4 is 9.97 Å². The maximum absolute atomic E-state index is 13.1. The molecule has 0 N–H and O–H groups in total. The number of ether oxygens (including phenoxy) is 1. The quantitative estimate of drug-likeness (QED) is 0.0754. The van der Waals surface area contributed by atoms with Crippen molar-refractivity contribution in [3.63, 3.8) is 0 Å². The van der Waals surface area contributed by atoms with E-state index in [0.29, 0.717) is 41.8 Å². The van der Waals surface area contributed by atoms with E-state index in [1.165, 1.54) is 134 Å². The van der Waals surface area contributed by atoms with Gasteiger partial charge in [0.25, 0.3) is 0 Å². The summed E-state index contributed by atoms with van der Waals surface area (Å²) in [7, 11) is 0. The molecule has 73 heavy (non-hydrogen) atoms. The van der Waals surface area contributed by atoms with Crippen LogP contribution in [-0.2, 0) is 32.4 Å². The molecule has 10 rings (SSSR count). The van der Waals surface area contributed by atoms with Gasteiger partial charge >= 0.3 is 22.5 Å². The number of allylic oxidation sites excluding steroid dienone is 3. The van der Waals surface area contributed by atoms with Crippen LogP contribution in [0.5, 0.6) is 0 Å². The molecule has 4 aromatic rings. The fraction of sp³-hybridized carbons (Fsp3) is 0.516. The van der Waals surface area contributed by atoms with E-state index in [2.05, 4.69) is 120 Å². The van der Waals surface area contributed by atoms with Gasteiger partial charge in [0.2, 0.25) is 0 Å². The molecule has 390 valence electrons. The molecule has 2 aromatic heterocycles. The Morgan fingerprint density at radius 1 is 0.603 bits per heavy atom. The molecule has 0 amide bonds. The van der Waals surface area contributed by atoms with Gasteiger partial charge in [-0.3, -0.25) is 9.98 Å². The Bertz CT molecular complexity index is 2690. The summed E-state index contributed by atoms with van der Waals surface area (Å²) in [6.07, 6.45) is 25.8. The van der Waals surface area contributed by atoms with Crippen LogP contribution in [0.4, 0.5) is 0 Å². The second kappa shape index (κ2) is 26.1. The van der Waals surface area contributed by atoms with Crippen LogP contribution in [0.3, 0.4) is 0 Å². The summed E-state index contributed by atoms with van der Waals surface area (Å²) in [5.41, 5.74) is 12.2. The first-order valence-electron chi connectivity index (χ1n) is 28.1. The third-order valence-corrected chi connectivity index (χ3v) is 19.2. The Kier molecular flexibility index (Phi) is 19.8. The van der Waals surface area contributed by atoms with E-state index in [9.17, 15) is 4.79 Å². The van der Waals surface area contributed by atoms with Crippen molar-refractivity contribution < 1.29 is 26.0 Å². The van der Waals surface area contributed by atoms with E-state index >= 15 is 0 Å². The number of carbonyl (C=O) groups excluding carboxylic acids is 1. The fourth-order valence-corrected chi connectivity index (χ4v) is 14.7. The molecular weight excluding hydrogens is 980 g/mol. The van der Waals surface area contributed by atoms with E-state index < -0.39 is 0 Å². The average molecular weight is 1060 g/mol. The third-order valence-electron chi connectivity index (χ3n) is 16.9. The third kappa shape index (κ3) is 13.1. The van der Waals surface area contributed by atoms with Gasteiger partial charge in [0.15, 0.2) is 0 Å². The number of aromatic nitrogens is 2. The molecule has 6 nitrogen and oxygen atoms in total. The Morgan fingerprint density at radius 3 is 1.70 bits per heavy atom. The van der Waals surface area contributed by atoms with Gasteiger partial charge in [0, 0.05) is 37.1 Å². The van der Waals surface area contributed by atoms with E-state index in [1.807, 2.05) is 30.8 Å². The fourth-order valence-electron chi connectivity index (χ4n) is 12.7. The maximum atomic E-state index is 13.1. The van der Waals surface area contributed by atoms with E-state index in [0.717, 1.165) is 63.0 Å². The first-order valence-corrected chi connectivity index (χ1v) is 29.7. The molecule has 8 atom stereocenters. The largest absolute Gasteiger partial charge is 2.00 e. The van der Waals surface area contributed by atoms with Crippen LogP contribution >= 0.6 is 23.5 Å². The monoisotopic (exact) mass is 1060 g/mol. The summed E-state index contributed by atoms with van der Waals surface area (Å²) < 4.78 is 5.50. The number of aliphatic imine (C=N–C) groups is 2. The first-order chi connectivity index (χ1) is 35.1. The average Bonchev–Trinajstić information content (AvgIpc) is 4.23. The molecule has 6 aliphatic rings. The van der Waals surface area contributed by atoms with Crippen molar-refractivity contribution in [3.8, 4) is 0 Å². The van der Waals surface area contributed by atoms with Crippen molar-refractivity contribution >= 4 is 50.7 Å². The van der Waals surface area contributed by atoms with Crippen LogP contribution in [0.2, 0.25) is 0 Å². The summed E-state index contributed by atoms with van der Waals surface area (Å²) in [5.74, 6) is 4.35. The Labute approximate surface area is 457 Å². The number of carbonyl (C=O) groups is 1. The SMILES string of the molecule is CCOC(=O)C1=C/C(=C(\Sc2ccccc2)c2ccc(C3CCCCC3C)[n-]2)N=C1C1CCCCC1C.CCc1cc(/C(Sc2ccccc2)=C2\N=C(C3CCCCC3C)C=C2C)[n-]c1C1CCCCC1C.[Ni+2]. The summed E-state index contributed by atoms with van der Waals surface area (Å²) in [6.45, 7) is 16.3. The van der Waals surface area contributed by atoms with Gasteiger partial charge in [-0.1, -0.05) is 195 Å². The van der Waals surface area contributed by atoms with Crippen molar-refractivity contribution in [3.05, 3.63) is 142 Å². The van der Waals surface area contributed by atoms with Crippen LogP contribution in [-0.4, -0.2) is 24.0 Å². The van der Waals surface area contributed by atoms with E-state index in [1.54, 1.807) is 11.8 Å². The second-order valence-electron chi connectivity index (χ2n) is 22.0. The van der Waals surface area contributed by atoms with Gasteiger partial charge in [0.05, 0.1) is 29.3 Å². The molecular formula is C64H80N4NiO2S2. The molecule has 0 radical (unpaired) electrons. The molecule has 4 aliphatic carbocycles. The van der Waals surface area contributed by atoms with Gasteiger partial charge < -0.3 is 14.7 Å². The number of hydrogen-bond donors (Lipinski definition) is 0. The predicted molar refractivity (Wildman–Crippen MR) is 304 cm³/mol. The molecule has 4 heterocycles. The zero-order valence-corrected chi connectivity index (χ0v) is 47.4. The summed E-state index contributed by atoms with van der Waals surface area (Å²) >= 11 is 3.53. The Morgan fingerprint density at radius 2 is 1.14 bits per heavy atom. The van der Waals surface area contributed by atoms with Crippen molar-refractivity contribution in [1.29, 1.82) is 0 Å². The van der Waals surface area contributed by atoms with Crippen LogP contribution in [0.1, 0.15) is 191 Å². The van der Waals surface area contributed by atoms with Gasteiger partial charge in [-0.15, -0.1) is 11.4 Å². The molecule has 4 saturated carbocycles. The zero-order valence-electron chi connectivity index (χ0n) is 44.7. The summed E-state index contributed by atoms with van der Waals surface area (Å²) in [5, 5.41) is 0. The minimum absolute atomic E-state index is 0. The van der Waals surface area contributed by atoms with Gasteiger partial charge in [-0.25, -0.2) is 4.79 Å². The number of thioether (sulfide) groups is 2. The minimum Gasteiger partial charge on any atom is -0.660 e. The van der Waals surface area contributed by atoms with E-state index in [-0.39, 0.29) is 28.4 Å². The van der Waals surface area contributed by atoms with Crippen LogP contribution in [0.15, 0.2) is 133 Å².